The van der Waals surface area contributed by atoms with E-state index in [1.807, 2.05) is 0 Å². The highest BCUT2D eigenvalue weighted by Crippen LogP contribution is 2.49. The minimum Gasteiger partial charge on any atom is -0.310 e. The van der Waals surface area contributed by atoms with Gasteiger partial charge in [0.05, 0.1) is 5.52 Å². The number of aromatic nitrogens is 1. The molecule has 0 radical (unpaired) electrons. The van der Waals surface area contributed by atoms with Gasteiger partial charge in [-0.3, -0.25) is 0 Å². The van der Waals surface area contributed by atoms with E-state index in [0.29, 0.717) is 0 Å². The van der Waals surface area contributed by atoms with E-state index in [4.69, 9.17) is 0 Å². The number of fused-ring (bicyclic) bond motifs is 4. The zero-order chi connectivity index (χ0) is 19.5. The Morgan fingerprint density at radius 2 is 1.54 bits per heavy atom. The number of aryl methyl sites for hydroxylation is 1. The Morgan fingerprint density at radius 3 is 2.36 bits per heavy atom. The van der Waals surface area contributed by atoms with Gasteiger partial charge in [0.15, 0.2) is 0 Å². The minimum atomic E-state index is 0.0469. The normalized spacial score (nSPS) is 14.6. The summed E-state index contributed by atoms with van der Waals surface area (Å²) in [6.07, 6.45) is 4.35. The third-order valence-corrected chi connectivity index (χ3v) is 6.32. The van der Waals surface area contributed by atoms with Gasteiger partial charge in [0.1, 0.15) is 0 Å². The number of hydrogen-bond acceptors (Lipinski definition) is 0. The molecule has 0 unspecified atom stereocenters. The second-order valence-corrected chi connectivity index (χ2v) is 8.26. The molecule has 1 nitrogen and oxygen atoms in total. The predicted molar refractivity (Wildman–Crippen MR) is 120 cm³/mol. The molecule has 0 bridgehead atoms. The van der Waals surface area contributed by atoms with Gasteiger partial charge >= 0.3 is 0 Å². The lowest BCUT2D eigenvalue weighted by atomic mass is 9.82. The summed E-state index contributed by atoms with van der Waals surface area (Å²) in [5.41, 5.74) is 10.7. The summed E-state index contributed by atoms with van der Waals surface area (Å²) in [6.45, 7) is 8.97. The number of allylic oxidation sites excluding steroid dienone is 1. The number of nitrogens with zero attached hydrogens (tertiary/aromatic N) is 1. The molecule has 0 spiro atoms. The fourth-order valence-corrected chi connectivity index (χ4v) is 4.90. The number of benzene rings is 3. The molecule has 1 heterocycles. The van der Waals surface area contributed by atoms with E-state index in [1.165, 1.54) is 50.1 Å². The van der Waals surface area contributed by atoms with Crippen molar-refractivity contribution in [2.75, 3.05) is 0 Å². The van der Waals surface area contributed by atoms with Gasteiger partial charge in [-0.05, 0) is 65.9 Å². The Labute approximate surface area is 167 Å². The van der Waals surface area contributed by atoms with Crippen LogP contribution in [0.4, 0.5) is 0 Å². The maximum absolute atomic E-state index is 2.40. The fourth-order valence-electron chi connectivity index (χ4n) is 4.90. The topological polar surface area (TPSA) is 4.93 Å². The van der Waals surface area contributed by atoms with Crippen molar-refractivity contribution < 1.29 is 0 Å². The van der Waals surface area contributed by atoms with Gasteiger partial charge in [-0.1, -0.05) is 68.5 Å². The molecule has 0 saturated heterocycles. The van der Waals surface area contributed by atoms with Crippen LogP contribution in [0.5, 0.6) is 0 Å². The molecule has 0 saturated carbocycles. The first kappa shape index (κ1) is 17.1. The highest BCUT2D eigenvalue weighted by atomic mass is 15.0. The van der Waals surface area contributed by atoms with Crippen molar-refractivity contribution in [3.63, 3.8) is 0 Å². The van der Waals surface area contributed by atoms with Crippen LogP contribution < -0.4 is 0 Å². The lowest BCUT2D eigenvalue weighted by molar-refractivity contribution is 0.660. The van der Waals surface area contributed by atoms with Gasteiger partial charge in [0.25, 0.3) is 0 Å². The predicted octanol–water partition coefficient (Wildman–Crippen LogP) is 7.28. The zero-order valence-corrected chi connectivity index (χ0v) is 17.0. The standard InChI is InChI=1S/C27H25N/c1-5-10-25-18(2)20-11-7-9-14-26(20)28(25)19-15-16-24-22(17-19)21-12-6-8-13-23(21)27(24,3)4/h5-17H,1-4H3/b10-5-. The van der Waals surface area contributed by atoms with Crippen LogP contribution in [0.15, 0.2) is 72.8 Å². The van der Waals surface area contributed by atoms with Gasteiger partial charge in [-0.25, -0.2) is 0 Å². The second-order valence-electron chi connectivity index (χ2n) is 8.26. The van der Waals surface area contributed by atoms with Crippen LogP contribution in [-0.2, 0) is 5.41 Å². The monoisotopic (exact) mass is 363 g/mol. The quantitative estimate of drug-likeness (QED) is 0.353. The van der Waals surface area contributed by atoms with E-state index in [1.54, 1.807) is 0 Å². The molecule has 1 aliphatic rings. The molecule has 1 aromatic heterocycles. The Bertz CT molecular complexity index is 1250. The van der Waals surface area contributed by atoms with E-state index in [-0.39, 0.29) is 5.41 Å². The third-order valence-electron chi connectivity index (χ3n) is 6.32. The van der Waals surface area contributed by atoms with Crippen LogP contribution >= 0.6 is 0 Å². The van der Waals surface area contributed by atoms with Crippen LogP contribution in [-0.4, -0.2) is 4.57 Å². The summed E-state index contributed by atoms with van der Waals surface area (Å²) < 4.78 is 2.40. The number of rotatable bonds is 2. The fraction of sp³-hybridized carbons (Fsp3) is 0.185. The van der Waals surface area contributed by atoms with Crippen LogP contribution in [0, 0.1) is 6.92 Å². The van der Waals surface area contributed by atoms with Gasteiger partial charge in [-0.15, -0.1) is 0 Å². The average molecular weight is 364 g/mol. The summed E-state index contributed by atoms with van der Waals surface area (Å²) in [7, 11) is 0. The lowest BCUT2D eigenvalue weighted by Gasteiger charge is -2.21. The van der Waals surface area contributed by atoms with E-state index in [9.17, 15) is 0 Å². The molecule has 0 amide bonds. The molecule has 0 N–H and O–H groups in total. The molecule has 0 fully saturated rings. The number of para-hydroxylation sites is 1. The first-order valence-electron chi connectivity index (χ1n) is 10.0. The lowest BCUT2D eigenvalue weighted by Crippen LogP contribution is -2.14. The van der Waals surface area contributed by atoms with E-state index in [2.05, 4.69) is 111 Å². The van der Waals surface area contributed by atoms with Gasteiger partial charge in [0, 0.05) is 22.2 Å². The summed E-state index contributed by atoms with van der Waals surface area (Å²) >= 11 is 0. The molecule has 5 rings (SSSR count). The molecule has 28 heavy (non-hydrogen) atoms. The third kappa shape index (κ3) is 2.19. The average Bonchev–Trinajstić information content (AvgIpc) is 3.12. The zero-order valence-electron chi connectivity index (χ0n) is 17.0. The van der Waals surface area contributed by atoms with Crippen molar-refractivity contribution in [3.8, 4) is 16.8 Å². The first-order chi connectivity index (χ1) is 13.5. The molecule has 1 aliphatic carbocycles. The highest BCUT2D eigenvalue weighted by molar-refractivity contribution is 5.90. The first-order valence-corrected chi connectivity index (χ1v) is 10.0. The summed E-state index contributed by atoms with van der Waals surface area (Å²) in [5.74, 6) is 0. The summed E-state index contributed by atoms with van der Waals surface area (Å²) in [4.78, 5) is 0. The molecular weight excluding hydrogens is 338 g/mol. The molecular formula is C27H25N. The van der Waals surface area contributed by atoms with Crippen molar-refractivity contribution in [2.45, 2.75) is 33.1 Å². The molecule has 3 aromatic carbocycles. The molecule has 138 valence electrons. The molecule has 0 atom stereocenters. The number of hydrogen-bond donors (Lipinski definition) is 0. The van der Waals surface area contributed by atoms with Crippen molar-refractivity contribution in [1.29, 1.82) is 0 Å². The Balaban J connectivity index is 1.82. The maximum Gasteiger partial charge on any atom is 0.0537 e. The van der Waals surface area contributed by atoms with E-state index < -0.39 is 0 Å². The SMILES string of the molecule is C/C=C\c1c(C)c2ccccc2n1-c1ccc2c(c1)-c1ccccc1C2(C)C. The Morgan fingerprint density at radius 1 is 0.821 bits per heavy atom. The smallest absolute Gasteiger partial charge is 0.0537 e. The van der Waals surface area contributed by atoms with Crippen LogP contribution in [0.3, 0.4) is 0 Å². The molecule has 0 aliphatic heterocycles. The van der Waals surface area contributed by atoms with Crippen molar-refractivity contribution in [1.82, 2.24) is 4.57 Å². The summed E-state index contributed by atoms with van der Waals surface area (Å²) in [5, 5.41) is 1.32. The largest absolute Gasteiger partial charge is 0.310 e. The van der Waals surface area contributed by atoms with Crippen molar-refractivity contribution in [3.05, 3.63) is 95.2 Å². The Kier molecular flexibility index (Phi) is 3.64. The van der Waals surface area contributed by atoms with Gasteiger partial charge < -0.3 is 4.57 Å². The maximum atomic E-state index is 2.40. The van der Waals surface area contributed by atoms with Crippen molar-refractivity contribution >= 4 is 17.0 Å². The summed E-state index contributed by atoms with van der Waals surface area (Å²) in [6, 6.07) is 24.5. The van der Waals surface area contributed by atoms with E-state index >= 15 is 0 Å². The van der Waals surface area contributed by atoms with E-state index in [0.717, 1.165) is 0 Å². The minimum absolute atomic E-state index is 0.0469. The van der Waals surface area contributed by atoms with Gasteiger partial charge in [0.2, 0.25) is 0 Å². The molecule has 4 aromatic rings. The second kappa shape index (κ2) is 5.97. The van der Waals surface area contributed by atoms with Crippen LogP contribution in [0.2, 0.25) is 0 Å². The Hall–Kier alpha value is -3.06. The van der Waals surface area contributed by atoms with Crippen LogP contribution in [0.1, 0.15) is 43.2 Å². The molecule has 1 heteroatoms. The van der Waals surface area contributed by atoms with Crippen LogP contribution in [0.25, 0.3) is 33.8 Å². The van der Waals surface area contributed by atoms with Gasteiger partial charge in [-0.2, -0.15) is 0 Å². The van der Waals surface area contributed by atoms with Crippen molar-refractivity contribution in [2.24, 2.45) is 0 Å². The highest BCUT2D eigenvalue weighted by Gasteiger charge is 2.35.